The summed E-state index contributed by atoms with van der Waals surface area (Å²) in [7, 11) is 0. The SMILES string of the molecule is Cc1ccc2ncc(C(=O)NCC3CNC3)c(=O)n2c1. The van der Waals surface area contributed by atoms with E-state index in [1.54, 1.807) is 12.3 Å². The Hall–Kier alpha value is -2.21. The standard InChI is InChI=1S/C14H16N4O2/c1-9-2-3-12-16-7-11(14(20)18(12)8-9)13(19)17-6-10-4-15-5-10/h2-3,7-8,10,15H,4-6H2,1H3,(H,17,19). The fourth-order valence-electron chi connectivity index (χ4n) is 2.16. The lowest BCUT2D eigenvalue weighted by Crippen LogP contribution is -2.48. The topological polar surface area (TPSA) is 75.5 Å². The molecule has 0 spiro atoms. The number of fused-ring (bicyclic) bond motifs is 1. The minimum atomic E-state index is -0.356. The van der Waals surface area contributed by atoms with Gasteiger partial charge in [-0.15, -0.1) is 0 Å². The molecule has 1 amide bonds. The molecule has 20 heavy (non-hydrogen) atoms. The average Bonchev–Trinajstić information content (AvgIpc) is 2.38. The van der Waals surface area contributed by atoms with Gasteiger partial charge in [-0.1, -0.05) is 6.07 Å². The van der Waals surface area contributed by atoms with Gasteiger partial charge < -0.3 is 10.6 Å². The van der Waals surface area contributed by atoms with E-state index in [0.29, 0.717) is 18.1 Å². The molecule has 3 heterocycles. The van der Waals surface area contributed by atoms with E-state index in [2.05, 4.69) is 15.6 Å². The maximum Gasteiger partial charge on any atom is 0.270 e. The van der Waals surface area contributed by atoms with E-state index in [1.807, 2.05) is 13.0 Å². The van der Waals surface area contributed by atoms with Crippen molar-refractivity contribution in [1.82, 2.24) is 20.0 Å². The highest BCUT2D eigenvalue weighted by Gasteiger charge is 2.19. The van der Waals surface area contributed by atoms with Crippen LogP contribution >= 0.6 is 0 Å². The number of hydrogen-bond acceptors (Lipinski definition) is 4. The van der Waals surface area contributed by atoms with E-state index >= 15 is 0 Å². The summed E-state index contributed by atoms with van der Waals surface area (Å²) in [5, 5.41) is 5.93. The molecule has 0 aliphatic carbocycles. The maximum atomic E-state index is 12.3. The fourth-order valence-corrected chi connectivity index (χ4v) is 2.16. The van der Waals surface area contributed by atoms with E-state index in [-0.39, 0.29) is 17.0 Å². The van der Waals surface area contributed by atoms with Crippen molar-refractivity contribution in [3.05, 3.63) is 46.0 Å². The summed E-state index contributed by atoms with van der Waals surface area (Å²) in [6.07, 6.45) is 3.04. The molecule has 1 saturated heterocycles. The van der Waals surface area contributed by atoms with Crippen molar-refractivity contribution in [2.24, 2.45) is 5.92 Å². The largest absolute Gasteiger partial charge is 0.351 e. The molecule has 6 heteroatoms. The second-order valence-electron chi connectivity index (χ2n) is 5.15. The summed E-state index contributed by atoms with van der Waals surface area (Å²) in [4.78, 5) is 28.5. The summed E-state index contributed by atoms with van der Waals surface area (Å²) in [6.45, 7) is 4.30. The van der Waals surface area contributed by atoms with Crippen molar-refractivity contribution in [2.75, 3.05) is 19.6 Å². The fraction of sp³-hybridized carbons (Fsp3) is 0.357. The Morgan fingerprint density at radius 1 is 1.50 bits per heavy atom. The first kappa shape index (κ1) is 12.8. The van der Waals surface area contributed by atoms with Gasteiger partial charge in [-0.25, -0.2) is 4.98 Å². The van der Waals surface area contributed by atoms with Gasteiger partial charge in [0, 0.05) is 37.9 Å². The minimum absolute atomic E-state index is 0.0837. The van der Waals surface area contributed by atoms with Gasteiger partial charge in [0.15, 0.2) is 0 Å². The molecule has 0 aromatic carbocycles. The zero-order valence-electron chi connectivity index (χ0n) is 11.2. The number of aryl methyl sites for hydroxylation is 1. The van der Waals surface area contributed by atoms with E-state index in [1.165, 1.54) is 10.6 Å². The molecule has 2 aromatic heterocycles. The van der Waals surface area contributed by atoms with Crippen LogP contribution in [0, 0.1) is 12.8 Å². The lowest BCUT2D eigenvalue weighted by molar-refractivity contribution is 0.0940. The van der Waals surface area contributed by atoms with Crippen LogP contribution < -0.4 is 16.2 Å². The van der Waals surface area contributed by atoms with Crippen LogP contribution in [0.25, 0.3) is 5.65 Å². The molecule has 0 bridgehead atoms. The molecule has 104 valence electrons. The summed E-state index contributed by atoms with van der Waals surface area (Å²) < 4.78 is 1.41. The lowest BCUT2D eigenvalue weighted by Gasteiger charge is -2.26. The van der Waals surface area contributed by atoms with Crippen LogP contribution in [0.3, 0.4) is 0 Å². The average molecular weight is 272 g/mol. The van der Waals surface area contributed by atoms with Crippen molar-refractivity contribution in [3.8, 4) is 0 Å². The van der Waals surface area contributed by atoms with Crippen molar-refractivity contribution in [3.63, 3.8) is 0 Å². The van der Waals surface area contributed by atoms with E-state index < -0.39 is 0 Å². The van der Waals surface area contributed by atoms with Gasteiger partial charge in [-0.2, -0.15) is 0 Å². The molecule has 2 aromatic rings. The Kier molecular flexibility index (Phi) is 3.23. The Bertz CT molecular complexity index is 719. The molecule has 1 fully saturated rings. The zero-order chi connectivity index (χ0) is 14.1. The minimum Gasteiger partial charge on any atom is -0.351 e. The van der Waals surface area contributed by atoms with Crippen LogP contribution in [-0.2, 0) is 0 Å². The highest BCUT2D eigenvalue weighted by Crippen LogP contribution is 2.03. The van der Waals surface area contributed by atoms with Crippen LogP contribution in [-0.4, -0.2) is 34.9 Å². The van der Waals surface area contributed by atoms with E-state index in [0.717, 1.165) is 18.7 Å². The predicted molar refractivity (Wildman–Crippen MR) is 74.9 cm³/mol. The molecule has 0 radical (unpaired) electrons. The van der Waals surface area contributed by atoms with Gasteiger partial charge in [0.2, 0.25) is 0 Å². The third-order valence-electron chi connectivity index (χ3n) is 3.51. The second kappa shape index (κ2) is 5.05. The van der Waals surface area contributed by atoms with E-state index in [4.69, 9.17) is 0 Å². The number of pyridine rings is 1. The number of carbonyl (C=O) groups excluding carboxylic acids is 1. The molecule has 6 nitrogen and oxygen atoms in total. The molecule has 0 saturated carbocycles. The Morgan fingerprint density at radius 2 is 2.30 bits per heavy atom. The van der Waals surface area contributed by atoms with Gasteiger partial charge in [-0.05, 0) is 18.6 Å². The van der Waals surface area contributed by atoms with Gasteiger partial charge in [0.1, 0.15) is 11.2 Å². The highest BCUT2D eigenvalue weighted by atomic mass is 16.2. The third-order valence-corrected chi connectivity index (χ3v) is 3.51. The van der Waals surface area contributed by atoms with E-state index in [9.17, 15) is 9.59 Å². The monoisotopic (exact) mass is 272 g/mol. The van der Waals surface area contributed by atoms with Gasteiger partial charge in [0.25, 0.3) is 11.5 Å². The van der Waals surface area contributed by atoms with Crippen LogP contribution in [0.1, 0.15) is 15.9 Å². The number of amides is 1. The first-order valence-electron chi connectivity index (χ1n) is 6.62. The molecular weight excluding hydrogens is 256 g/mol. The number of nitrogens with one attached hydrogen (secondary N) is 2. The Labute approximate surface area is 115 Å². The Morgan fingerprint density at radius 3 is 3.00 bits per heavy atom. The number of nitrogens with zero attached hydrogens (tertiary/aromatic N) is 2. The smallest absolute Gasteiger partial charge is 0.270 e. The van der Waals surface area contributed by atoms with Crippen molar-refractivity contribution in [2.45, 2.75) is 6.92 Å². The van der Waals surface area contributed by atoms with Gasteiger partial charge in [-0.3, -0.25) is 14.0 Å². The summed E-state index contributed by atoms with van der Waals surface area (Å²) in [5.41, 5.74) is 1.24. The number of aromatic nitrogens is 2. The number of carbonyl (C=O) groups is 1. The first-order chi connectivity index (χ1) is 9.65. The molecule has 2 N–H and O–H groups in total. The summed E-state index contributed by atoms with van der Waals surface area (Å²) in [5.74, 6) is 0.0997. The third kappa shape index (κ3) is 2.30. The van der Waals surface area contributed by atoms with Gasteiger partial charge >= 0.3 is 0 Å². The van der Waals surface area contributed by atoms with Gasteiger partial charge in [0.05, 0.1) is 0 Å². The van der Waals surface area contributed by atoms with Crippen molar-refractivity contribution in [1.29, 1.82) is 0 Å². The van der Waals surface area contributed by atoms with Crippen LogP contribution in [0.4, 0.5) is 0 Å². The molecular formula is C14H16N4O2. The lowest BCUT2D eigenvalue weighted by atomic mass is 10.0. The zero-order valence-corrected chi connectivity index (χ0v) is 11.2. The van der Waals surface area contributed by atoms with Crippen molar-refractivity contribution < 1.29 is 4.79 Å². The van der Waals surface area contributed by atoms with Crippen molar-refractivity contribution >= 4 is 11.6 Å². The quantitative estimate of drug-likeness (QED) is 0.821. The summed E-state index contributed by atoms with van der Waals surface area (Å²) >= 11 is 0. The number of hydrogen-bond donors (Lipinski definition) is 2. The first-order valence-corrected chi connectivity index (χ1v) is 6.62. The number of rotatable bonds is 3. The van der Waals surface area contributed by atoms with Crippen LogP contribution in [0.15, 0.2) is 29.3 Å². The molecule has 1 aliphatic rings. The molecule has 3 rings (SSSR count). The molecule has 0 atom stereocenters. The Balaban J connectivity index is 1.88. The molecule has 0 unspecified atom stereocenters. The maximum absolute atomic E-state index is 12.3. The second-order valence-corrected chi connectivity index (χ2v) is 5.15. The summed E-state index contributed by atoms with van der Waals surface area (Å²) in [6, 6.07) is 3.64. The predicted octanol–water partition coefficient (Wildman–Crippen LogP) is -0.0479. The van der Waals surface area contributed by atoms with Crippen LogP contribution in [0.5, 0.6) is 0 Å². The highest BCUT2D eigenvalue weighted by molar-refractivity contribution is 5.93. The molecule has 1 aliphatic heterocycles. The normalized spacial score (nSPS) is 15.1. The van der Waals surface area contributed by atoms with Crippen LogP contribution in [0.2, 0.25) is 0 Å².